The molecule has 1 aliphatic rings. The van der Waals surface area contributed by atoms with Crippen molar-refractivity contribution < 1.29 is 17.9 Å². The first-order valence-electron chi connectivity index (χ1n) is 6.70. The number of amides is 1. The van der Waals surface area contributed by atoms with E-state index in [2.05, 4.69) is 10.0 Å². The fourth-order valence-corrected chi connectivity index (χ4v) is 2.95. The second-order valence-corrected chi connectivity index (χ2v) is 7.67. The quantitative estimate of drug-likeness (QED) is 0.569. The van der Waals surface area contributed by atoms with Crippen LogP contribution < -0.4 is 15.8 Å². The molecule has 4 N–H and O–H groups in total. The van der Waals surface area contributed by atoms with Crippen molar-refractivity contribution in [1.82, 2.24) is 10.0 Å². The Morgan fingerprint density at radius 2 is 2.05 bits per heavy atom. The third-order valence-corrected chi connectivity index (χ3v) is 5.57. The molecule has 0 bridgehead atoms. The molecule has 0 radical (unpaired) electrons. The van der Waals surface area contributed by atoms with Crippen molar-refractivity contribution in [3.05, 3.63) is 0 Å². The highest BCUT2D eigenvalue weighted by Gasteiger charge is 2.62. The summed E-state index contributed by atoms with van der Waals surface area (Å²) in [6.07, 6.45) is 0.391. The molecule has 7 nitrogen and oxygen atoms in total. The molecule has 8 heteroatoms. The minimum absolute atomic E-state index is 0.0380. The molecule has 0 aromatic carbocycles. The second kappa shape index (κ2) is 5.97. The van der Waals surface area contributed by atoms with Gasteiger partial charge in [0.15, 0.2) is 0 Å². The molecule has 1 amide bonds. The normalized spacial score (nSPS) is 28.8. The average molecular weight is 307 g/mol. The van der Waals surface area contributed by atoms with Crippen molar-refractivity contribution in [2.45, 2.75) is 38.8 Å². The SMILES string of the molecule is CCOC1CC(N)(C(=O)NCCS(=O)(=O)NC)C1(C)C. The molecule has 2 atom stereocenters. The molecule has 1 aliphatic carbocycles. The van der Waals surface area contributed by atoms with Gasteiger partial charge in [-0.15, -0.1) is 0 Å². The number of carbonyl (C=O) groups is 1. The highest BCUT2D eigenvalue weighted by molar-refractivity contribution is 7.89. The van der Waals surface area contributed by atoms with Crippen LogP contribution in [0.1, 0.15) is 27.2 Å². The van der Waals surface area contributed by atoms with Crippen LogP contribution in [0.4, 0.5) is 0 Å². The van der Waals surface area contributed by atoms with Gasteiger partial charge in [-0.3, -0.25) is 4.79 Å². The second-order valence-electron chi connectivity index (χ2n) is 5.62. The molecule has 0 spiro atoms. The molecule has 20 heavy (non-hydrogen) atoms. The van der Waals surface area contributed by atoms with Crippen molar-refractivity contribution in [3.63, 3.8) is 0 Å². The van der Waals surface area contributed by atoms with Crippen LogP contribution in [-0.4, -0.2) is 51.9 Å². The molecule has 0 saturated heterocycles. The fourth-order valence-electron chi connectivity index (χ4n) is 2.38. The van der Waals surface area contributed by atoms with Gasteiger partial charge in [-0.25, -0.2) is 13.1 Å². The molecule has 1 fully saturated rings. The van der Waals surface area contributed by atoms with Crippen molar-refractivity contribution >= 4 is 15.9 Å². The third-order valence-electron chi connectivity index (χ3n) is 4.20. The number of nitrogens with two attached hydrogens (primary N) is 1. The van der Waals surface area contributed by atoms with Crippen LogP contribution in [-0.2, 0) is 19.6 Å². The van der Waals surface area contributed by atoms with Gasteiger partial charge in [0.05, 0.1) is 11.9 Å². The lowest BCUT2D eigenvalue weighted by Gasteiger charge is -2.57. The van der Waals surface area contributed by atoms with E-state index in [1.807, 2.05) is 20.8 Å². The number of ether oxygens (including phenoxy) is 1. The monoisotopic (exact) mass is 307 g/mol. The van der Waals surface area contributed by atoms with Gasteiger partial charge >= 0.3 is 0 Å². The summed E-state index contributed by atoms with van der Waals surface area (Å²) in [4.78, 5) is 12.2. The van der Waals surface area contributed by atoms with Crippen molar-refractivity contribution in [2.75, 3.05) is 26.0 Å². The van der Waals surface area contributed by atoms with Crippen molar-refractivity contribution in [3.8, 4) is 0 Å². The van der Waals surface area contributed by atoms with E-state index >= 15 is 0 Å². The van der Waals surface area contributed by atoms with Crippen LogP contribution in [0.25, 0.3) is 0 Å². The molecular formula is C12H25N3O4S. The van der Waals surface area contributed by atoms with Crippen LogP contribution in [0, 0.1) is 5.41 Å². The van der Waals surface area contributed by atoms with Crippen molar-refractivity contribution in [1.29, 1.82) is 0 Å². The van der Waals surface area contributed by atoms with Crippen LogP contribution in [0.2, 0.25) is 0 Å². The molecule has 0 heterocycles. The Labute approximate surface area is 120 Å². The summed E-state index contributed by atoms with van der Waals surface area (Å²) in [6.45, 7) is 6.29. The maximum absolute atomic E-state index is 12.2. The zero-order valence-electron chi connectivity index (χ0n) is 12.5. The lowest BCUT2D eigenvalue weighted by molar-refractivity contribution is -0.170. The molecule has 2 unspecified atom stereocenters. The van der Waals surface area contributed by atoms with Gasteiger partial charge in [0.25, 0.3) is 0 Å². The van der Waals surface area contributed by atoms with Gasteiger partial charge in [0, 0.05) is 25.0 Å². The van der Waals surface area contributed by atoms with E-state index in [-0.39, 0.29) is 24.3 Å². The van der Waals surface area contributed by atoms with Gasteiger partial charge in [0.1, 0.15) is 5.54 Å². The zero-order valence-corrected chi connectivity index (χ0v) is 13.3. The van der Waals surface area contributed by atoms with Crippen LogP contribution in [0.3, 0.4) is 0 Å². The number of rotatable bonds is 7. The van der Waals surface area contributed by atoms with E-state index < -0.39 is 21.0 Å². The predicted octanol–water partition coefficient (Wildman–Crippen LogP) is -0.816. The minimum atomic E-state index is -3.33. The summed E-state index contributed by atoms with van der Waals surface area (Å²) in [5, 5.41) is 2.60. The highest BCUT2D eigenvalue weighted by atomic mass is 32.2. The Morgan fingerprint density at radius 3 is 2.50 bits per heavy atom. The summed E-state index contributed by atoms with van der Waals surface area (Å²) in [6, 6.07) is 0. The first-order valence-corrected chi connectivity index (χ1v) is 8.36. The number of sulfonamides is 1. The molecule has 1 saturated carbocycles. The summed E-state index contributed by atoms with van der Waals surface area (Å²) in [7, 11) is -1.99. The van der Waals surface area contributed by atoms with E-state index in [4.69, 9.17) is 10.5 Å². The Morgan fingerprint density at radius 1 is 1.45 bits per heavy atom. The number of nitrogens with one attached hydrogen (secondary N) is 2. The van der Waals surface area contributed by atoms with E-state index in [9.17, 15) is 13.2 Å². The Hall–Kier alpha value is -0.700. The predicted molar refractivity (Wildman–Crippen MR) is 76.6 cm³/mol. The Kier molecular flexibility index (Phi) is 5.18. The van der Waals surface area contributed by atoms with Crippen LogP contribution in [0.5, 0.6) is 0 Å². The first-order chi connectivity index (χ1) is 9.10. The average Bonchev–Trinajstić information content (AvgIpc) is 2.37. The topological polar surface area (TPSA) is 111 Å². The lowest BCUT2D eigenvalue weighted by atomic mass is 9.54. The Bertz CT molecular complexity index is 463. The highest BCUT2D eigenvalue weighted by Crippen LogP contribution is 2.49. The molecular weight excluding hydrogens is 282 g/mol. The maximum atomic E-state index is 12.2. The van der Waals surface area contributed by atoms with Crippen LogP contribution >= 0.6 is 0 Å². The van der Waals surface area contributed by atoms with Crippen LogP contribution in [0.15, 0.2) is 0 Å². The fraction of sp³-hybridized carbons (Fsp3) is 0.917. The molecule has 0 aromatic heterocycles. The molecule has 0 aromatic rings. The van der Waals surface area contributed by atoms with E-state index in [0.717, 1.165) is 0 Å². The largest absolute Gasteiger partial charge is 0.378 e. The minimum Gasteiger partial charge on any atom is -0.378 e. The van der Waals surface area contributed by atoms with Gasteiger partial charge < -0.3 is 15.8 Å². The Balaban J connectivity index is 2.56. The van der Waals surface area contributed by atoms with E-state index in [0.29, 0.717) is 13.0 Å². The van der Waals surface area contributed by atoms with Gasteiger partial charge in [-0.2, -0.15) is 0 Å². The molecule has 1 rings (SSSR count). The number of hydrogen-bond acceptors (Lipinski definition) is 5. The summed E-state index contributed by atoms with van der Waals surface area (Å²) >= 11 is 0. The maximum Gasteiger partial charge on any atom is 0.240 e. The summed E-state index contributed by atoms with van der Waals surface area (Å²) in [5.74, 6) is -0.495. The zero-order chi connectivity index (χ0) is 15.6. The molecule has 0 aliphatic heterocycles. The van der Waals surface area contributed by atoms with E-state index in [1.54, 1.807) is 0 Å². The molecule has 118 valence electrons. The first kappa shape index (κ1) is 17.4. The number of hydrogen-bond donors (Lipinski definition) is 3. The van der Waals surface area contributed by atoms with E-state index in [1.165, 1.54) is 7.05 Å². The standard InChI is InChI=1S/C12H25N3O4S/c1-5-19-9-8-12(13,11(9,2)3)10(16)15-6-7-20(17,18)14-4/h9,14H,5-8,13H2,1-4H3,(H,15,16). The van der Waals surface area contributed by atoms with Gasteiger partial charge in [-0.05, 0) is 14.0 Å². The number of carbonyl (C=O) groups excluding carboxylic acids is 1. The lowest BCUT2D eigenvalue weighted by Crippen LogP contribution is -2.75. The van der Waals surface area contributed by atoms with Gasteiger partial charge in [0.2, 0.25) is 15.9 Å². The smallest absolute Gasteiger partial charge is 0.240 e. The van der Waals surface area contributed by atoms with Gasteiger partial charge in [-0.1, -0.05) is 13.8 Å². The summed E-state index contributed by atoms with van der Waals surface area (Å²) < 4.78 is 30.3. The third kappa shape index (κ3) is 3.13. The summed E-state index contributed by atoms with van der Waals surface area (Å²) in [5.41, 5.74) is 4.68. The van der Waals surface area contributed by atoms with Crippen molar-refractivity contribution in [2.24, 2.45) is 11.1 Å².